The molecule has 1 fully saturated rings. The monoisotopic (exact) mass is 327 g/mol. The summed E-state index contributed by atoms with van der Waals surface area (Å²) in [7, 11) is 1.30. The van der Waals surface area contributed by atoms with Crippen LogP contribution in [-0.2, 0) is 14.3 Å². The summed E-state index contributed by atoms with van der Waals surface area (Å²) >= 11 is 3.31. The average Bonchev–Trinajstić information content (AvgIpc) is 2.92. The first-order valence-electron chi connectivity index (χ1n) is 5.92. The number of methoxy groups -OCH3 is 1. The minimum Gasteiger partial charge on any atom is -0.465 e. The molecule has 0 aromatic heterocycles. The van der Waals surface area contributed by atoms with Crippen molar-refractivity contribution >= 4 is 33.5 Å². The van der Waals surface area contributed by atoms with Crippen molar-refractivity contribution in [2.75, 3.05) is 19.0 Å². The van der Waals surface area contributed by atoms with Crippen LogP contribution in [0, 0.1) is 0 Å². The maximum Gasteiger partial charge on any atom is 0.339 e. The van der Waals surface area contributed by atoms with E-state index < -0.39 is 12.1 Å². The maximum absolute atomic E-state index is 12.0. The number of ether oxygens (including phenoxy) is 2. The Morgan fingerprint density at radius 1 is 1.47 bits per heavy atom. The number of amides is 1. The molecule has 1 amide bonds. The van der Waals surface area contributed by atoms with Gasteiger partial charge in [-0.1, -0.05) is 15.9 Å². The number of nitrogens with one attached hydrogen (secondary N) is 1. The molecule has 1 aliphatic rings. The van der Waals surface area contributed by atoms with Gasteiger partial charge in [0.05, 0.1) is 18.4 Å². The van der Waals surface area contributed by atoms with Gasteiger partial charge < -0.3 is 14.8 Å². The minimum atomic E-state index is -0.491. The fourth-order valence-electron chi connectivity index (χ4n) is 1.91. The normalized spacial score (nSPS) is 18.1. The van der Waals surface area contributed by atoms with Crippen molar-refractivity contribution in [3.63, 3.8) is 0 Å². The van der Waals surface area contributed by atoms with E-state index in [0.717, 1.165) is 10.9 Å². The number of hydrogen-bond acceptors (Lipinski definition) is 4. The van der Waals surface area contributed by atoms with Gasteiger partial charge in [0.2, 0.25) is 0 Å². The van der Waals surface area contributed by atoms with E-state index in [4.69, 9.17) is 4.74 Å². The minimum absolute atomic E-state index is 0.235. The van der Waals surface area contributed by atoms with Crippen molar-refractivity contribution in [1.29, 1.82) is 0 Å². The molecule has 1 N–H and O–H groups in total. The first-order chi connectivity index (χ1) is 9.11. The summed E-state index contributed by atoms with van der Waals surface area (Å²) in [5.41, 5.74) is 0.735. The van der Waals surface area contributed by atoms with Gasteiger partial charge in [0, 0.05) is 11.1 Å². The molecule has 0 radical (unpaired) electrons. The Labute approximate surface area is 119 Å². The van der Waals surface area contributed by atoms with Gasteiger partial charge in [-0.25, -0.2) is 4.79 Å². The predicted molar refractivity (Wildman–Crippen MR) is 73.1 cm³/mol. The third-order valence-corrected chi connectivity index (χ3v) is 3.36. The van der Waals surface area contributed by atoms with E-state index in [1.807, 2.05) is 0 Å². The number of carbonyl (C=O) groups excluding carboxylic acids is 2. The van der Waals surface area contributed by atoms with Crippen LogP contribution < -0.4 is 5.32 Å². The molecule has 0 aliphatic carbocycles. The highest BCUT2D eigenvalue weighted by Crippen LogP contribution is 2.23. The SMILES string of the molecule is COC(=O)c1ccc(Br)cc1NC(=O)C1CCCO1. The molecule has 1 atom stereocenters. The first kappa shape index (κ1) is 14.0. The number of carbonyl (C=O) groups is 2. The number of rotatable bonds is 3. The van der Waals surface area contributed by atoms with Crippen LogP contribution >= 0.6 is 15.9 Å². The Kier molecular flexibility index (Phi) is 4.55. The molecule has 0 spiro atoms. The highest BCUT2D eigenvalue weighted by molar-refractivity contribution is 9.10. The Morgan fingerprint density at radius 2 is 2.26 bits per heavy atom. The molecule has 0 bridgehead atoms. The van der Waals surface area contributed by atoms with E-state index in [-0.39, 0.29) is 5.91 Å². The van der Waals surface area contributed by atoms with Crippen molar-refractivity contribution in [2.45, 2.75) is 18.9 Å². The zero-order valence-corrected chi connectivity index (χ0v) is 12.0. The van der Waals surface area contributed by atoms with E-state index in [2.05, 4.69) is 26.0 Å². The first-order valence-corrected chi connectivity index (χ1v) is 6.71. The molecule has 5 nitrogen and oxygen atoms in total. The van der Waals surface area contributed by atoms with Crippen LogP contribution in [0.25, 0.3) is 0 Å². The topological polar surface area (TPSA) is 64.6 Å². The van der Waals surface area contributed by atoms with Crippen molar-refractivity contribution in [2.24, 2.45) is 0 Å². The van der Waals surface area contributed by atoms with Gasteiger partial charge in [0.25, 0.3) is 5.91 Å². The van der Waals surface area contributed by atoms with E-state index >= 15 is 0 Å². The predicted octanol–water partition coefficient (Wildman–Crippen LogP) is 2.35. The van der Waals surface area contributed by atoms with Crippen LogP contribution in [-0.4, -0.2) is 31.7 Å². The lowest BCUT2D eigenvalue weighted by Gasteiger charge is -2.13. The Hall–Kier alpha value is -1.40. The van der Waals surface area contributed by atoms with Crippen molar-refractivity contribution < 1.29 is 19.1 Å². The fraction of sp³-hybridized carbons (Fsp3) is 0.385. The molecule has 19 heavy (non-hydrogen) atoms. The Bertz CT molecular complexity index is 497. The number of benzene rings is 1. The Morgan fingerprint density at radius 3 is 2.89 bits per heavy atom. The second kappa shape index (κ2) is 6.16. The average molecular weight is 328 g/mol. The lowest BCUT2D eigenvalue weighted by atomic mass is 10.1. The third kappa shape index (κ3) is 3.33. The summed E-state index contributed by atoms with van der Waals surface area (Å²) < 4.78 is 10.8. The molecule has 2 rings (SSSR count). The maximum atomic E-state index is 12.0. The lowest BCUT2D eigenvalue weighted by molar-refractivity contribution is -0.124. The molecule has 6 heteroatoms. The van der Waals surface area contributed by atoms with Crippen molar-refractivity contribution in [3.05, 3.63) is 28.2 Å². The van der Waals surface area contributed by atoms with Crippen LogP contribution in [0.5, 0.6) is 0 Å². The van der Waals surface area contributed by atoms with Crippen LogP contribution in [0.2, 0.25) is 0 Å². The van der Waals surface area contributed by atoms with E-state index in [1.165, 1.54) is 7.11 Å². The molecule has 1 aliphatic heterocycles. The molecule has 1 heterocycles. The van der Waals surface area contributed by atoms with Gasteiger partial charge in [-0.15, -0.1) is 0 Å². The van der Waals surface area contributed by atoms with Gasteiger partial charge in [0.1, 0.15) is 6.10 Å². The third-order valence-electron chi connectivity index (χ3n) is 2.87. The van der Waals surface area contributed by atoms with Crippen LogP contribution in [0.1, 0.15) is 23.2 Å². The van der Waals surface area contributed by atoms with Gasteiger partial charge >= 0.3 is 5.97 Å². The number of hydrogen-bond donors (Lipinski definition) is 1. The largest absolute Gasteiger partial charge is 0.465 e. The van der Waals surface area contributed by atoms with Crippen molar-refractivity contribution in [3.8, 4) is 0 Å². The summed E-state index contributed by atoms with van der Waals surface area (Å²) in [5.74, 6) is -0.726. The number of esters is 1. The zero-order valence-electron chi connectivity index (χ0n) is 10.4. The highest BCUT2D eigenvalue weighted by Gasteiger charge is 2.25. The fourth-order valence-corrected chi connectivity index (χ4v) is 2.27. The van der Waals surface area contributed by atoms with Gasteiger partial charge in [0.15, 0.2) is 0 Å². The molecule has 1 saturated heterocycles. The summed E-state index contributed by atoms with van der Waals surface area (Å²) in [6, 6.07) is 4.98. The highest BCUT2D eigenvalue weighted by atomic mass is 79.9. The molecule has 1 aromatic carbocycles. The number of halogens is 1. The summed E-state index contributed by atoms with van der Waals surface area (Å²) in [5, 5.41) is 2.71. The lowest BCUT2D eigenvalue weighted by Crippen LogP contribution is -2.27. The zero-order chi connectivity index (χ0) is 13.8. The second-order valence-corrected chi connectivity index (χ2v) is 5.09. The molecule has 102 valence electrons. The second-order valence-electron chi connectivity index (χ2n) is 4.17. The van der Waals surface area contributed by atoms with Crippen molar-refractivity contribution in [1.82, 2.24) is 0 Å². The van der Waals surface area contributed by atoms with Gasteiger partial charge in [-0.2, -0.15) is 0 Å². The molecule has 1 unspecified atom stereocenters. The standard InChI is InChI=1S/C13H14BrNO4/c1-18-13(17)9-5-4-8(14)7-10(9)15-12(16)11-3-2-6-19-11/h4-5,7,11H,2-3,6H2,1H3,(H,15,16). The van der Waals surface area contributed by atoms with E-state index in [9.17, 15) is 9.59 Å². The van der Waals surface area contributed by atoms with E-state index in [1.54, 1.807) is 18.2 Å². The molecule has 1 aromatic rings. The summed E-state index contributed by atoms with van der Waals surface area (Å²) in [6.45, 7) is 0.598. The van der Waals surface area contributed by atoms with E-state index in [0.29, 0.717) is 24.3 Å². The summed E-state index contributed by atoms with van der Waals surface area (Å²) in [4.78, 5) is 23.6. The molecular formula is C13H14BrNO4. The number of anilines is 1. The summed E-state index contributed by atoms with van der Waals surface area (Å²) in [6.07, 6.45) is 1.14. The van der Waals surface area contributed by atoms with Gasteiger partial charge in [-0.05, 0) is 31.0 Å². The smallest absolute Gasteiger partial charge is 0.339 e. The van der Waals surface area contributed by atoms with Gasteiger partial charge in [-0.3, -0.25) is 4.79 Å². The van der Waals surface area contributed by atoms with Crippen LogP contribution in [0.3, 0.4) is 0 Å². The molecule has 0 saturated carbocycles. The van der Waals surface area contributed by atoms with Crippen LogP contribution in [0.4, 0.5) is 5.69 Å². The van der Waals surface area contributed by atoms with Crippen LogP contribution in [0.15, 0.2) is 22.7 Å². The molecular weight excluding hydrogens is 314 g/mol. The Balaban J connectivity index is 2.20. The quantitative estimate of drug-likeness (QED) is 0.865.